The van der Waals surface area contributed by atoms with Gasteiger partial charge in [-0.25, -0.2) is 0 Å². The third-order valence-corrected chi connectivity index (χ3v) is 5.84. The Kier molecular flexibility index (Phi) is 7.01. The number of benzene rings is 2. The van der Waals surface area contributed by atoms with Crippen molar-refractivity contribution in [2.24, 2.45) is 0 Å². The van der Waals surface area contributed by atoms with Crippen LogP contribution in [0.5, 0.6) is 23.0 Å². The van der Waals surface area contributed by atoms with Crippen molar-refractivity contribution < 1.29 is 23.7 Å². The highest BCUT2D eigenvalue weighted by Gasteiger charge is 2.25. The molecule has 3 aromatic rings. The molecule has 2 heterocycles. The number of carbonyl (C=O) groups excluding carboxylic acids is 1. The number of para-hydroxylation sites is 1. The Morgan fingerprint density at radius 1 is 0.765 bits per heavy atom. The van der Waals surface area contributed by atoms with Crippen LogP contribution in [0.3, 0.4) is 0 Å². The Hall–Kier alpha value is -4.01. The van der Waals surface area contributed by atoms with Crippen LogP contribution in [0.2, 0.25) is 0 Å². The van der Waals surface area contributed by atoms with Crippen LogP contribution in [-0.4, -0.2) is 75.6 Å². The van der Waals surface area contributed by atoms with Gasteiger partial charge < -0.3 is 28.7 Å². The molecule has 0 bridgehead atoms. The molecular formula is C25H28N4O5. The molecule has 4 rings (SSSR count). The highest BCUT2D eigenvalue weighted by Crippen LogP contribution is 2.38. The van der Waals surface area contributed by atoms with Crippen LogP contribution in [0.1, 0.15) is 10.4 Å². The fourth-order valence-electron chi connectivity index (χ4n) is 4.02. The van der Waals surface area contributed by atoms with E-state index in [-0.39, 0.29) is 5.91 Å². The number of nitrogens with zero attached hydrogens (tertiary/aromatic N) is 4. The summed E-state index contributed by atoms with van der Waals surface area (Å²) in [5.74, 6) is 2.81. The molecule has 9 nitrogen and oxygen atoms in total. The first-order valence-corrected chi connectivity index (χ1v) is 10.9. The van der Waals surface area contributed by atoms with Crippen molar-refractivity contribution in [2.75, 3.05) is 59.5 Å². The molecule has 1 fully saturated rings. The third kappa shape index (κ3) is 4.54. The standard InChI is InChI=1S/C25H28N4O5/c1-31-20-8-6-5-7-18(20)19-9-10-23(27-26-19)28-11-13-29(14-12-28)25(30)17-15-21(32-2)24(34-4)22(16-17)33-3/h5-10,15-16H,11-14H2,1-4H3. The number of aromatic nitrogens is 2. The van der Waals surface area contributed by atoms with E-state index in [1.54, 1.807) is 19.2 Å². The molecule has 0 radical (unpaired) electrons. The molecule has 178 valence electrons. The summed E-state index contributed by atoms with van der Waals surface area (Å²) in [6.07, 6.45) is 0. The number of ether oxygens (including phenoxy) is 4. The molecular weight excluding hydrogens is 436 g/mol. The molecule has 0 aliphatic carbocycles. The fraction of sp³-hybridized carbons (Fsp3) is 0.320. The summed E-state index contributed by atoms with van der Waals surface area (Å²) in [5.41, 5.74) is 2.13. The van der Waals surface area contributed by atoms with Gasteiger partial charge in [0.2, 0.25) is 5.75 Å². The van der Waals surface area contributed by atoms with Gasteiger partial charge in [0.15, 0.2) is 17.3 Å². The molecule has 0 spiro atoms. The van der Waals surface area contributed by atoms with Crippen LogP contribution in [0.15, 0.2) is 48.5 Å². The number of carbonyl (C=O) groups is 1. The molecule has 0 unspecified atom stereocenters. The van der Waals surface area contributed by atoms with E-state index in [9.17, 15) is 4.79 Å². The van der Waals surface area contributed by atoms with Gasteiger partial charge in [-0.1, -0.05) is 12.1 Å². The molecule has 1 saturated heterocycles. The maximum absolute atomic E-state index is 13.2. The summed E-state index contributed by atoms with van der Waals surface area (Å²) in [6.45, 7) is 2.43. The van der Waals surface area contributed by atoms with E-state index in [4.69, 9.17) is 18.9 Å². The molecule has 0 saturated carbocycles. The maximum atomic E-state index is 13.2. The number of methoxy groups -OCH3 is 4. The second-order valence-electron chi connectivity index (χ2n) is 7.67. The van der Waals surface area contributed by atoms with E-state index in [0.717, 1.165) is 22.8 Å². The van der Waals surface area contributed by atoms with E-state index in [1.165, 1.54) is 21.3 Å². The summed E-state index contributed by atoms with van der Waals surface area (Å²) in [5, 5.41) is 8.81. The first-order valence-electron chi connectivity index (χ1n) is 10.9. The smallest absolute Gasteiger partial charge is 0.254 e. The average molecular weight is 465 g/mol. The topological polar surface area (TPSA) is 86.3 Å². The number of anilines is 1. The number of piperazine rings is 1. The highest BCUT2D eigenvalue weighted by molar-refractivity contribution is 5.95. The number of hydrogen-bond donors (Lipinski definition) is 0. The molecule has 9 heteroatoms. The zero-order valence-electron chi connectivity index (χ0n) is 19.8. The average Bonchev–Trinajstić information content (AvgIpc) is 2.91. The summed E-state index contributed by atoms with van der Waals surface area (Å²) in [4.78, 5) is 17.1. The molecule has 2 aromatic carbocycles. The minimum absolute atomic E-state index is 0.0866. The Bertz CT molecular complexity index is 1120. The first-order chi connectivity index (χ1) is 16.6. The SMILES string of the molecule is COc1ccccc1-c1ccc(N2CCN(C(=O)c3cc(OC)c(OC)c(OC)c3)CC2)nn1. The van der Waals surface area contributed by atoms with Crippen molar-refractivity contribution in [3.05, 3.63) is 54.1 Å². The monoisotopic (exact) mass is 464 g/mol. The van der Waals surface area contributed by atoms with Gasteiger partial charge >= 0.3 is 0 Å². The van der Waals surface area contributed by atoms with Gasteiger partial charge in [-0.2, -0.15) is 0 Å². The second kappa shape index (κ2) is 10.3. The molecule has 1 aliphatic rings. The van der Waals surface area contributed by atoms with Crippen LogP contribution in [-0.2, 0) is 0 Å². The fourth-order valence-corrected chi connectivity index (χ4v) is 4.02. The molecule has 1 amide bonds. The van der Waals surface area contributed by atoms with E-state index in [1.807, 2.05) is 41.3 Å². The number of hydrogen-bond acceptors (Lipinski definition) is 8. The van der Waals surface area contributed by atoms with Gasteiger partial charge in [-0.05, 0) is 36.4 Å². The zero-order valence-corrected chi connectivity index (χ0v) is 19.8. The molecule has 34 heavy (non-hydrogen) atoms. The van der Waals surface area contributed by atoms with E-state index >= 15 is 0 Å². The lowest BCUT2D eigenvalue weighted by molar-refractivity contribution is 0.0745. The van der Waals surface area contributed by atoms with E-state index in [2.05, 4.69) is 15.1 Å². The van der Waals surface area contributed by atoms with Crippen molar-refractivity contribution in [3.63, 3.8) is 0 Å². The van der Waals surface area contributed by atoms with Crippen LogP contribution >= 0.6 is 0 Å². The summed E-state index contributed by atoms with van der Waals surface area (Å²) in [6, 6.07) is 15.0. The van der Waals surface area contributed by atoms with Crippen molar-refractivity contribution in [1.82, 2.24) is 15.1 Å². The predicted octanol–water partition coefficient (Wildman–Crippen LogP) is 3.14. The summed E-state index contributed by atoms with van der Waals surface area (Å²) in [7, 11) is 6.24. The van der Waals surface area contributed by atoms with E-state index < -0.39 is 0 Å². The summed E-state index contributed by atoms with van der Waals surface area (Å²) < 4.78 is 21.5. The van der Waals surface area contributed by atoms with Gasteiger partial charge in [0.1, 0.15) is 5.75 Å². The Morgan fingerprint density at radius 3 is 1.97 bits per heavy atom. The minimum Gasteiger partial charge on any atom is -0.496 e. The normalized spacial score (nSPS) is 13.4. The minimum atomic E-state index is -0.0866. The lowest BCUT2D eigenvalue weighted by atomic mass is 10.1. The van der Waals surface area contributed by atoms with Crippen molar-refractivity contribution in [3.8, 4) is 34.3 Å². The molecule has 1 aromatic heterocycles. The molecule has 0 atom stereocenters. The van der Waals surface area contributed by atoms with Gasteiger partial charge in [0.25, 0.3) is 5.91 Å². The van der Waals surface area contributed by atoms with Crippen molar-refractivity contribution >= 4 is 11.7 Å². The van der Waals surface area contributed by atoms with Crippen LogP contribution < -0.4 is 23.8 Å². The molecule has 0 N–H and O–H groups in total. The van der Waals surface area contributed by atoms with Crippen molar-refractivity contribution in [2.45, 2.75) is 0 Å². The third-order valence-electron chi connectivity index (χ3n) is 5.84. The lowest BCUT2D eigenvalue weighted by Crippen LogP contribution is -2.49. The molecule has 1 aliphatic heterocycles. The Balaban J connectivity index is 1.44. The van der Waals surface area contributed by atoms with Gasteiger partial charge in [-0.3, -0.25) is 4.79 Å². The number of rotatable bonds is 7. The lowest BCUT2D eigenvalue weighted by Gasteiger charge is -2.35. The van der Waals surface area contributed by atoms with Crippen LogP contribution in [0, 0.1) is 0 Å². The van der Waals surface area contributed by atoms with Crippen LogP contribution in [0.25, 0.3) is 11.3 Å². The quantitative estimate of drug-likeness (QED) is 0.527. The zero-order chi connectivity index (χ0) is 24.1. The largest absolute Gasteiger partial charge is 0.496 e. The Labute approximate surface area is 198 Å². The second-order valence-corrected chi connectivity index (χ2v) is 7.67. The highest BCUT2D eigenvalue weighted by atomic mass is 16.5. The van der Waals surface area contributed by atoms with Gasteiger partial charge in [0.05, 0.1) is 34.1 Å². The predicted molar refractivity (Wildman–Crippen MR) is 128 cm³/mol. The van der Waals surface area contributed by atoms with E-state index in [0.29, 0.717) is 49.0 Å². The van der Waals surface area contributed by atoms with Gasteiger partial charge in [-0.15, -0.1) is 10.2 Å². The maximum Gasteiger partial charge on any atom is 0.254 e. The Morgan fingerprint density at radius 2 is 1.41 bits per heavy atom. The van der Waals surface area contributed by atoms with Gasteiger partial charge in [0, 0.05) is 37.3 Å². The van der Waals surface area contributed by atoms with Crippen LogP contribution in [0.4, 0.5) is 5.82 Å². The summed E-state index contributed by atoms with van der Waals surface area (Å²) >= 11 is 0. The number of amides is 1. The van der Waals surface area contributed by atoms with Crippen molar-refractivity contribution in [1.29, 1.82) is 0 Å². The first kappa shape index (κ1) is 23.2.